The summed E-state index contributed by atoms with van der Waals surface area (Å²) in [5, 5.41) is 16.9. The third-order valence-corrected chi connectivity index (χ3v) is 3.55. The normalized spacial score (nSPS) is 10.8. The molecule has 0 atom stereocenters. The standard InChI is InChI=1S/C13H12N4O2S/c14-8-12-7-11(5-6-16-12)17-9-10-1-3-13(4-2-10)20(15,18)19/h1-7H,9H2,(H,16,17)(H2,15,18,19). The Labute approximate surface area is 116 Å². The summed E-state index contributed by atoms with van der Waals surface area (Å²) in [6.45, 7) is 0.500. The molecule has 2 rings (SSSR count). The number of nitriles is 1. The van der Waals surface area contributed by atoms with E-state index in [0.29, 0.717) is 12.2 Å². The van der Waals surface area contributed by atoms with Crippen LogP contribution in [0.15, 0.2) is 47.5 Å². The molecule has 2 aromatic rings. The number of hydrogen-bond acceptors (Lipinski definition) is 5. The van der Waals surface area contributed by atoms with Gasteiger partial charge in [0.05, 0.1) is 4.90 Å². The van der Waals surface area contributed by atoms with Crippen LogP contribution in [-0.2, 0) is 16.6 Å². The molecule has 0 unspecified atom stereocenters. The van der Waals surface area contributed by atoms with Crippen molar-refractivity contribution in [2.45, 2.75) is 11.4 Å². The maximum atomic E-state index is 11.1. The lowest BCUT2D eigenvalue weighted by molar-refractivity contribution is 0.598. The minimum atomic E-state index is -3.66. The van der Waals surface area contributed by atoms with Crippen LogP contribution in [0.2, 0.25) is 0 Å². The number of hydrogen-bond donors (Lipinski definition) is 2. The summed E-state index contributed by atoms with van der Waals surface area (Å²) < 4.78 is 22.2. The third kappa shape index (κ3) is 3.54. The van der Waals surface area contributed by atoms with Crippen molar-refractivity contribution < 1.29 is 8.42 Å². The second-order valence-electron chi connectivity index (χ2n) is 4.08. The fraction of sp³-hybridized carbons (Fsp3) is 0.0769. The SMILES string of the molecule is N#Cc1cc(NCc2ccc(S(N)(=O)=O)cc2)ccn1. The van der Waals surface area contributed by atoms with Gasteiger partial charge in [0.2, 0.25) is 10.0 Å². The predicted octanol–water partition coefficient (Wildman–Crippen LogP) is 1.21. The van der Waals surface area contributed by atoms with Gasteiger partial charge in [-0.05, 0) is 29.8 Å². The molecule has 102 valence electrons. The Kier molecular flexibility index (Phi) is 3.98. The Hall–Kier alpha value is -2.43. The van der Waals surface area contributed by atoms with E-state index in [1.54, 1.807) is 30.5 Å². The fourth-order valence-electron chi connectivity index (χ4n) is 1.60. The molecule has 0 aliphatic rings. The highest BCUT2D eigenvalue weighted by molar-refractivity contribution is 7.89. The lowest BCUT2D eigenvalue weighted by Crippen LogP contribution is -2.12. The van der Waals surface area contributed by atoms with Crippen LogP contribution in [0.3, 0.4) is 0 Å². The van der Waals surface area contributed by atoms with Crippen molar-refractivity contribution in [2.75, 3.05) is 5.32 Å². The van der Waals surface area contributed by atoms with Gasteiger partial charge in [-0.25, -0.2) is 18.5 Å². The molecule has 3 N–H and O–H groups in total. The van der Waals surface area contributed by atoms with Crippen molar-refractivity contribution in [3.05, 3.63) is 53.9 Å². The Morgan fingerprint density at radius 1 is 1.25 bits per heavy atom. The summed E-state index contributed by atoms with van der Waals surface area (Å²) in [6, 6.07) is 11.6. The molecule has 20 heavy (non-hydrogen) atoms. The number of nitrogens with zero attached hydrogens (tertiary/aromatic N) is 2. The maximum Gasteiger partial charge on any atom is 0.238 e. The van der Waals surface area contributed by atoms with Crippen LogP contribution in [0.4, 0.5) is 5.69 Å². The van der Waals surface area contributed by atoms with Crippen LogP contribution >= 0.6 is 0 Å². The van der Waals surface area contributed by atoms with Crippen molar-refractivity contribution in [2.24, 2.45) is 5.14 Å². The zero-order valence-electron chi connectivity index (χ0n) is 10.4. The van der Waals surface area contributed by atoms with E-state index in [9.17, 15) is 8.42 Å². The Morgan fingerprint density at radius 3 is 2.55 bits per heavy atom. The molecule has 0 aliphatic heterocycles. The number of aromatic nitrogens is 1. The Morgan fingerprint density at radius 2 is 1.95 bits per heavy atom. The van der Waals surface area contributed by atoms with Gasteiger partial charge in [0, 0.05) is 18.4 Å². The van der Waals surface area contributed by atoms with Gasteiger partial charge >= 0.3 is 0 Å². The summed E-state index contributed by atoms with van der Waals surface area (Å²) in [7, 11) is -3.66. The van der Waals surface area contributed by atoms with Crippen LogP contribution in [0, 0.1) is 11.3 Å². The minimum Gasteiger partial charge on any atom is -0.381 e. The molecule has 1 aromatic carbocycles. The van der Waals surface area contributed by atoms with Gasteiger partial charge in [-0.1, -0.05) is 12.1 Å². The largest absolute Gasteiger partial charge is 0.381 e. The molecule has 0 spiro atoms. The molecule has 0 saturated carbocycles. The molecule has 0 amide bonds. The van der Waals surface area contributed by atoms with Gasteiger partial charge in [0.1, 0.15) is 11.8 Å². The number of rotatable bonds is 4. The average Bonchev–Trinajstić information content (AvgIpc) is 2.45. The molecule has 0 fully saturated rings. The highest BCUT2D eigenvalue weighted by atomic mass is 32.2. The fourth-order valence-corrected chi connectivity index (χ4v) is 2.12. The molecular formula is C13H12N4O2S. The summed E-state index contributed by atoms with van der Waals surface area (Å²) in [6.07, 6.45) is 1.55. The summed E-state index contributed by atoms with van der Waals surface area (Å²) in [5.41, 5.74) is 2.00. The van der Waals surface area contributed by atoms with Gasteiger partial charge < -0.3 is 5.32 Å². The molecule has 1 heterocycles. The average molecular weight is 288 g/mol. The second kappa shape index (κ2) is 5.69. The van der Waals surface area contributed by atoms with E-state index in [1.165, 1.54) is 12.1 Å². The van der Waals surface area contributed by atoms with Gasteiger partial charge in [0.25, 0.3) is 0 Å². The summed E-state index contributed by atoms with van der Waals surface area (Å²) in [5.74, 6) is 0. The van der Waals surface area contributed by atoms with E-state index in [0.717, 1.165) is 11.3 Å². The first-order valence-corrected chi connectivity index (χ1v) is 7.25. The summed E-state index contributed by atoms with van der Waals surface area (Å²) >= 11 is 0. The monoisotopic (exact) mass is 288 g/mol. The first-order chi connectivity index (χ1) is 9.49. The van der Waals surface area contributed by atoms with Crippen molar-refractivity contribution in [3.8, 4) is 6.07 Å². The molecule has 6 nitrogen and oxygen atoms in total. The first kappa shape index (κ1) is 14.0. The second-order valence-corrected chi connectivity index (χ2v) is 5.65. The smallest absolute Gasteiger partial charge is 0.238 e. The van der Waals surface area contributed by atoms with E-state index < -0.39 is 10.0 Å². The molecule has 0 bridgehead atoms. The van der Waals surface area contributed by atoms with Gasteiger partial charge in [-0.15, -0.1) is 0 Å². The van der Waals surface area contributed by atoms with E-state index in [4.69, 9.17) is 10.4 Å². The first-order valence-electron chi connectivity index (χ1n) is 5.71. The predicted molar refractivity (Wildman–Crippen MR) is 74.1 cm³/mol. The number of nitrogens with two attached hydrogens (primary N) is 1. The zero-order valence-corrected chi connectivity index (χ0v) is 11.3. The highest BCUT2D eigenvalue weighted by Crippen LogP contribution is 2.12. The number of pyridine rings is 1. The topological polar surface area (TPSA) is 109 Å². The number of anilines is 1. The molecular weight excluding hydrogens is 276 g/mol. The van der Waals surface area contributed by atoms with Crippen molar-refractivity contribution in [1.82, 2.24) is 4.98 Å². The third-order valence-electron chi connectivity index (χ3n) is 2.62. The Bertz CT molecular complexity index is 749. The molecule has 1 aromatic heterocycles. The van der Waals surface area contributed by atoms with Gasteiger partial charge in [0.15, 0.2) is 0 Å². The van der Waals surface area contributed by atoms with Crippen molar-refractivity contribution in [1.29, 1.82) is 5.26 Å². The van der Waals surface area contributed by atoms with E-state index in [1.807, 2.05) is 6.07 Å². The van der Waals surface area contributed by atoms with E-state index in [-0.39, 0.29) is 4.90 Å². The molecule has 7 heteroatoms. The lowest BCUT2D eigenvalue weighted by atomic mass is 10.2. The zero-order chi connectivity index (χ0) is 14.6. The van der Waals surface area contributed by atoms with E-state index >= 15 is 0 Å². The lowest BCUT2D eigenvalue weighted by Gasteiger charge is -2.07. The quantitative estimate of drug-likeness (QED) is 0.879. The van der Waals surface area contributed by atoms with Crippen molar-refractivity contribution in [3.63, 3.8) is 0 Å². The molecule has 0 saturated heterocycles. The molecule has 0 aliphatic carbocycles. The highest BCUT2D eigenvalue weighted by Gasteiger charge is 2.06. The van der Waals surface area contributed by atoms with Gasteiger partial charge in [-0.3, -0.25) is 0 Å². The number of sulfonamides is 1. The summed E-state index contributed by atoms with van der Waals surface area (Å²) in [4.78, 5) is 3.95. The maximum absolute atomic E-state index is 11.1. The number of benzene rings is 1. The number of nitrogens with one attached hydrogen (secondary N) is 1. The Balaban J connectivity index is 2.06. The van der Waals surface area contributed by atoms with Crippen LogP contribution in [0.5, 0.6) is 0 Å². The van der Waals surface area contributed by atoms with Gasteiger partial charge in [-0.2, -0.15) is 5.26 Å². The van der Waals surface area contributed by atoms with Crippen LogP contribution in [-0.4, -0.2) is 13.4 Å². The van der Waals surface area contributed by atoms with E-state index in [2.05, 4.69) is 10.3 Å². The molecule has 0 radical (unpaired) electrons. The minimum absolute atomic E-state index is 0.0805. The number of primary sulfonamides is 1. The van der Waals surface area contributed by atoms with Crippen LogP contribution in [0.1, 0.15) is 11.3 Å². The van der Waals surface area contributed by atoms with Crippen LogP contribution < -0.4 is 10.5 Å². The van der Waals surface area contributed by atoms with Crippen molar-refractivity contribution >= 4 is 15.7 Å². The van der Waals surface area contributed by atoms with Crippen LogP contribution in [0.25, 0.3) is 0 Å².